The predicted molar refractivity (Wildman–Crippen MR) is 93.1 cm³/mol. The number of rotatable bonds is 6. The first-order valence-electron chi connectivity index (χ1n) is 7.12. The number of esters is 1. The van der Waals surface area contributed by atoms with Crippen LogP contribution in [0, 0.1) is 6.92 Å². The van der Waals surface area contributed by atoms with Crippen LogP contribution in [0.2, 0.25) is 0 Å². The van der Waals surface area contributed by atoms with E-state index in [4.69, 9.17) is 4.74 Å². The van der Waals surface area contributed by atoms with Crippen LogP contribution in [-0.4, -0.2) is 50.3 Å². The molecule has 1 amide bonds. The molecule has 1 aromatic heterocycles. The number of anilines is 1. The summed E-state index contributed by atoms with van der Waals surface area (Å²) in [6.45, 7) is 1.27. The molecule has 0 bridgehead atoms. The Bertz CT molecular complexity index is 890. The van der Waals surface area contributed by atoms with Crippen molar-refractivity contribution in [2.24, 2.45) is 0 Å². The lowest BCUT2D eigenvalue weighted by Crippen LogP contribution is -2.23. The number of aryl methyl sites for hydroxylation is 1. The van der Waals surface area contributed by atoms with Gasteiger partial charge in [0.1, 0.15) is 4.88 Å². The van der Waals surface area contributed by atoms with Crippen LogP contribution < -0.4 is 5.32 Å². The van der Waals surface area contributed by atoms with Gasteiger partial charge < -0.3 is 10.1 Å². The highest BCUT2D eigenvalue weighted by molar-refractivity contribution is 7.89. The van der Waals surface area contributed by atoms with Gasteiger partial charge in [-0.25, -0.2) is 22.5 Å². The standard InChI is InChI=1S/C15H17N3O5S2/c1-10-16-8-13(24-10)15(20)23-9-14(19)17-11-5-4-6-12(7-11)25(21,22)18(2)3/h4-8H,9H2,1-3H3,(H,17,19). The van der Waals surface area contributed by atoms with Gasteiger partial charge in [0.25, 0.3) is 5.91 Å². The summed E-state index contributed by atoms with van der Waals surface area (Å²) in [6, 6.07) is 5.82. The number of nitrogens with one attached hydrogen (secondary N) is 1. The third-order valence-corrected chi connectivity index (χ3v) is 5.76. The fourth-order valence-corrected chi connectivity index (χ4v) is 3.42. The topological polar surface area (TPSA) is 106 Å². The minimum Gasteiger partial charge on any atom is -0.451 e. The summed E-state index contributed by atoms with van der Waals surface area (Å²) < 4.78 is 30.1. The monoisotopic (exact) mass is 383 g/mol. The van der Waals surface area contributed by atoms with Crippen molar-refractivity contribution >= 4 is 38.9 Å². The second-order valence-electron chi connectivity index (χ2n) is 5.18. The van der Waals surface area contributed by atoms with Crippen molar-refractivity contribution < 1.29 is 22.7 Å². The average Bonchev–Trinajstić information content (AvgIpc) is 2.99. The van der Waals surface area contributed by atoms with Crippen molar-refractivity contribution in [1.82, 2.24) is 9.29 Å². The molecule has 2 rings (SSSR count). The number of nitrogens with zero attached hydrogens (tertiary/aromatic N) is 2. The largest absolute Gasteiger partial charge is 0.451 e. The summed E-state index contributed by atoms with van der Waals surface area (Å²) in [6.07, 6.45) is 1.38. The first-order valence-corrected chi connectivity index (χ1v) is 9.38. The molecule has 134 valence electrons. The summed E-state index contributed by atoms with van der Waals surface area (Å²) in [4.78, 5) is 27.9. The van der Waals surface area contributed by atoms with Gasteiger partial charge in [0.15, 0.2) is 6.61 Å². The van der Waals surface area contributed by atoms with Crippen LogP contribution in [0.4, 0.5) is 5.69 Å². The minimum atomic E-state index is -3.60. The number of thiazole rings is 1. The molecular weight excluding hydrogens is 366 g/mol. The zero-order valence-electron chi connectivity index (χ0n) is 13.8. The second kappa shape index (κ2) is 7.72. The van der Waals surface area contributed by atoms with Crippen LogP contribution in [0.5, 0.6) is 0 Å². The Kier molecular flexibility index (Phi) is 5.88. The first-order chi connectivity index (χ1) is 11.7. The molecular formula is C15H17N3O5S2. The van der Waals surface area contributed by atoms with Gasteiger partial charge in [0, 0.05) is 19.8 Å². The highest BCUT2D eigenvalue weighted by Gasteiger charge is 2.18. The maximum atomic E-state index is 12.1. The number of sulfonamides is 1. The average molecular weight is 383 g/mol. The van der Waals surface area contributed by atoms with Crippen molar-refractivity contribution in [3.63, 3.8) is 0 Å². The quantitative estimate of drug-likeness (QED) is 0.758. The summed E-state index contributed by atoms with van der Waals surface area (Å²) in [5.74, 6) is -1.21. The number of benzene rings is 1. The van der Waals surface area contributed by atoms with Gasteiger partial charge in [-0.05, 0) is 25.1 Å². The van der Waals surface area contributed by atoms with Crippen LogP contribution in [0.25, 0.3) is 0 Å². The molecule has 2 aromatic rings. The van der Waals surface area contributed by atoms with E-state index in [0.717, 1.165) is 9.31 Å². The van der Waals surface area contributed by atoms with E-state index in [2.05, 4.69) is 10.3 Å². The van der Waals surface area contributed by atoms with Crippen LogP contribution in [-0.2, 0) is 19.6 Å². The third kappa shape index (κ3) is 4.84. The predicted octanol–water partition coefficient (Wildman–Crippen LogP) is 1.50. The van der Waals surface area contributed by atoms with E-state index in [1.54, 1.807) is 13.0 Å². The van der Waals surface area contributed by atoms with Crippen LogP contribution >= 0.6 is 11.3 Å². The minimum absolute atomic E-state index is 0.0485. The maximum absolute atomic E-state index is 12.1. The fourth-order valence-electron chi connectivity index (χ4n) is 1.80. The van der Waals surface area contributed by atoms with Crippen LogP contribution in [0.3, 0.4) is 0 Å². The summed E-state index contributed by atoms with van der Waals surface area (Å²) in [7, 11) is -0.768. The number of carbonyl (C=O) groups excluding carboxylic acids is 2. The molecule has 1 N–H and O–H groups in total. The zero-order valence-corrected chi connectivity index (χ0v) is 15.5. The molecule has 0 spiro atoms. The Hall–Kier alpha value is -2.30. The van der Waals surface area contributed by atoms with E-state index in [1.807, 2.05) is 0 Å². The van der Waals surface area contributed by atoms with Crippen molar-refractivity contribution in [2.45, 2.75) is 11.8 Å². The number of ether oxygens (including phenoxy) is 1. The van der Waals surface area contributed by atoms with Crippen molar-refractivity contribution in [2.75, 3.05) is 26.0 Å². The first kappa shape index (κ1) is 19.0. The third-order valence-electron chi connectivity index (χ3n) is 3.05. The zero-order chi connectivity index (χ0) is 18.6. The SMILES string of the molecule is Cc1ncc(C(=O)OCC(=O)Nc2cccc(S(=O)(=O)N(C)C)c2)s1. The molecule has 1 heterocycles. The van der Waals surface area contributed by atoms with Crippen molar-refractivity contribution in [3.05, 3.63) is 40.3 Å². The molecule has 10 heteroatoms. The van der Waals surface area contributed by atoms with Gasteiger partial charge in [-0.2, -0.15) is 0 Å². The van der Waals surface area contributed by atoms with E-state index in [-0.39, 0.29) is 10.6 Å². The number of amides is 1. The van der Waals surface area contributed by atoms with Crippen molar-refractivity contribution in [3.8, 4) is 0 Å². The van der Waals surface area contributed by atoms with Crippen LogP contribution in [0.15, 0.2) is 35.4 Å². The number of aromatic nitrogens is 1. The van der Waals surface area contributed by atoms with Crippen LogP contribution in [0.1, 0.15) is 14.7 Å². The molecule has 0 aliphatic carbocycles. The summed E-state index contributed by atoms with van der Waals surface area (Å²) >= 11 is 1.17. The Labute approximate surface area is 149 Å². The van der Waals surface area contributed by atoms with E-state index in [0.29, 0.717) is 4.88 Å². The summed E-state index contributed by atoms with van der Waals surface area (Å²) in [5, 5.41) is 3.21. The molecule has 1 aromatic carbocycles. The molecule has 0 aliphatic heterocycles. The maximum Gasteiger partial charge on any atom is 0.350 e. The molecule has 8 nitrogen and oxygen atoms in total. The van der Waals surface area contributed by atoms with E-state index >= 15 is 0 Å². The van der Waals surface area contributed by atoms with E-state index in [1.165, 1.54) is 49.8 Å². The van der Waals surface area contributed by atoms with Gasteiger partial charge in [-0.1, -0.05) is 6.07 Å². The van der Waals surface area contributed by atoms with Gasteiger partial charge in [-0.15, -0.1) is 11.3 Å². The highest BCUT2D eigenvalue weighted by Crippen LogP contribution is 2.18. The molecule has 25 heavy (non-hydrogen) atoms. The fraction of sp³-hybridized carbons (Fsp3) is 0.267. The molecule has 0 saturated carbocycles. The van der Waals surface area contributed by atoms with Gasteiger partial charge in [-0.3, -0.25) is 4.79 Å². The molecule has 0 saturated heterocycles. The number of hydrogen-bond donors (Lipinski definition) is 1. The lowest BCUT2D eigenvalue weighted by atomic mass is 10.3. The van der Waals surface area contributed by atoms with Gasteiger partial charge in [0.2, 0.25) is 10.0 Å². The Morgan fingerprint density at radius 2 is 2.04 bits per heavy atom. The Balaban J connectivity index is 1.98. The number of carbonyl (C=O) groups is 2. The van der Waals surface area contributed by atoms with Gasteiger partial charge >= 0.3 is 5.97 Å². The molecule has 0 aliphatic rings. The highest BCUT2D eigenvalue weighted by atomic mass is 32.2. The molecule has 0 radical (unpaired) electrons. The molecule has 0 atom stereocenters. The Morgan fingerprint density at radius 1 is 1.32 bits per heavy atom. The second-order valence-corrected chi connectivity index (χ2v) is 8.57. The molecule has 0 unspecified atom stereocenters. The van der Waals surface area contributed by atoms with Gasteiger partial charge in [0.05, 0.1) is 16.1 Å². The van der Waals surface area contributed by atoms with E-state index in [9.17, 15) is 18.0 Å². The van der Waals surface area contributed by atoms with E-state index < -0.39 is 28.5 Å². The number of hydrogen-bond acceptors (Lipinski definition) is 7. The smallest absolute Gasteiger partial charge is 0.350 e. The lowest BCUT2D eigenvalue weighted by Gasteiger charge is -2.12. The normalized spacial score (nSPS) is 11.4. The van der Waals surface area contributed by atoms with Crippen molar-refractivity contribution in [1.29, 1.82) is 0 Å². The Morgan fingerprint density at radius 3 is 2.64 bits per heavy atom. The molecule has 0 fully saturated rings. The lowest BCUT2D eigenvalue weighted by molar-refractivity contribution is -0.119. The summed E-state index contributed by atoms with van der Waals surface area (Å²) in [5.41, 5.74) is 0.289.